The van der Waals surface area contributed by atoms with Gasteiger partial charge in [0, 0.05) is 11.0 Å². The average molecular weight is 356 g/mol. The van der Waals surface area contributed by atoms with Crippen molar-refractivity contribution in [2.45, 2.75) is 13.3 Å². The zero-order chi connectivity index (χ0) is 15.3. The van der Waals surface area contributed by atoms with Crippen LogP contribution < -0.4 is 10.1 Å². The molecule has 0 bridgehead atoms. The van der Waals surface area contributed by atoms with E-state index < -0.39 is 18.2 Å². The number of carbonyl (C=O) groups is 1. The number of ether oxygens (including phenoxy) is 2. The largest absolute Gasteiger partial charge is 0.573 e. The molecule has 0 spiro atoms. The number of anilines is 1. The Kier molecular flexibility index (Phi) is 5.67. The monoisotopic (exact) mass is 355 g/mol. The second kappa shape index (κ2) is 6.83. The Hall–Kier alpha value is -1.44. The quantitative estimate of drug-likeness (QED) is 0.820. The highest BCUT2D eigenvalue weighted by atomic mass is 79.9. The summed E-state index contributed by atoms with van der Waals surface area (Å²) in [5.74, 6) is -1.32. The first-order valence-electron chi connectivity index (χ1n) is 5.60. The van der Waals surface area contributed by atoms with Gasteiger partial charge in [0.2, 0.25) is 0 Å². The van der Waals surface area contributed by atoms with Crippen molar-refractivity contribution in [2.75, 3.05) is 19.0 Å². The summed E-state index contributed by atoms with van der Waals surface area (Å²) >= 11 is 3.07. The van der Waals surface area contributed by atoms with Gasteiger partial charge < -0.3 is 14.8 Å². The molecular formula is C12H13BrF3NO3. The number of alkyl halides is 3. The highest BCUT2D eigenvalue weighted by Gasteiger charge is 2.32. The van der Waals surface area contributed by atoms with Gasteiger partial charge >= 0.3 is 12.3 Å². The maximum atomic E-state index is 12.3. The molecule has 1 N–H and O–H groups in total. The number of methoxy groups -OCH3 is 1. The molecule has 1 rings (SSSR count). The molecular weight excluding hydrogens is 343 g/mol. The van der Waals surface area contributed by atoms with E-state index in [1.165, 1.54) is 19.2 Å². The molecule has 8 heteroatoms. The SMILES string of the molecule is COC(=O)C(C)CNc1ccc(Br)cc1OC(F)(F)F. The Morgan fingerprint density at radius 3 is 2.65 bits per heavy atom. The third-order valence-corrected chi connectivity index (χ3v) is 2.86. The lowest BCUT2D eigenvalue weighted by molar-refractivity contribution is -0.274. The molecule has 0 aromatic heterocycles. The maximum Gasteiger partial charge on any atom is 0.573 e. The van der Waals surface area contributed by atoms with Gasteiger partial charge in [-0.2, -0.15) is 0 Å². The van der Waals surface area contributed by atoms with Gasteiger partial charge in [-0.3, -0.25) is 4.79 Å². The summed E-state index contributed by atoms with van der Waals surface area (Å²) in [5, 5.41) is 2.73. The van der Waals surface area contributed by atoms with Crippen LogP contribution in [0.25, 0.3) is 0 Å². The number of nitrogens with one attached hydrogen (secondary N) is 1. The average Bonchev–Trinajstić information content (AvgIpc) is 2.34. The van der Waals surface area contributed by atoms with Crippen molar-refractivity contribution in [2.24, 2.45) is 5.92 Å². The molecule has 0 fully saturated rings. The Labute approximate surface area is 122 Å². The minimum atomic E-state index is -4.79. The molecule has 0 aliphatic rings. The van der Waals surface area contributed by atoms with Gasteiger partial charge in [-0.25, -0.2) is 0 Å². The van der Waals surface area contributed by atoms with E-state index in [1.54, 1.807) is 13.0 Å². The number of hydrogen-bond donors (Lipinski definition) is 1. The molecule has 0 saturated carbocycles. The van der Waals surface area contributed by atoms with Gasteiger partial charge in [-0.05, 0) is 18.2 Å². The number of benzene rings is 1. The van der Waals surface area contributed by atoms with E-state index in [0.717, 1.165) is 0 Å². The lowest BCUT2D eigenvalue weighted by Crippen LogP contribution is -2.22. The van der Waals surface area contributed by atoms with Crippen molar-refractivity contribution in [3.63, 3.8) is 0 Å². The summed E-state index contributed by atoms with van der Waals surface area (Å²) < 4.78 is 45.8. The fourth-order valence-corrected chi connectivity index (χ4v) is 1.74. The van der Waals surface area contributed by atoms with Crippen LogP contribution >= 0.6 is 15.9 Å². The summed E-state index contributed by atoms with van der Waals surface area (Å²) in [6.07, 6.45) is -4.79. The fraction of sp³-hybridized carbons (Fsp3) is 0.417. The smallest absolute Gasteiger partial charge is 0.469 e. The number of rotatable bonds is 5. The van der Waals surface area contributed by atoms with Crippen molar-refractivity contribution in [3.05, 3.63) is 22.7 Å². The van der Waals surface area contributed by atoms with Crippen molar-refractivity contribution < 1.29 is 27.4 Å². The third kappa shape index (κ3) is 5.28. The second-order valence-corrected chi connectivity index (χ2v) is 4.91. The van der Waals surface area contributed by atoms with Crippen LogP contribution in [0.1, 0.15) is 6.92 Å². The van der Waals surface area contributed by atoms with Crippen LogP contribution in [-0.4, -0.2) is 26.0 Å². The van der Waals surface area contributed by atoms with Gasteiger partial charge in [0.1, 0.15) is 0 Å². The normalized spacial score (nSPS) is 12.7. The molecule has 0 saturated heterocycles. The molecule has 1 aromatic carbocycles. The summed E-state index contributed by atoms with van der Waals surface area (Å²) in [6, 6.07) is 4.18. The van der Waals surface area contributed by atoms with Crippen molar-refractivity contribution >= 4 is 27.6 Å². The van der Waals surface area contributed by atoms with Gasteiger partial charge in [0.05, 0.1) is 18.7 Å². The van der Waals surface area contributed by atoms with Gasteiger partial charge in [-0.15, -0.1) is 13.2 Å². The summed E-state index contributed by atoms with van der Waals surface area (Å²) in [6.45, 7) is 1.73. The Morgan fingerprint density at radius 1 is 1.45 bits per heavy atom. The van der Waals surface area contributed by atoms with Crippen LogP contribution in [-0.2, 0) is 9.53 Å². The minimum Gasteiger partial charge on any atom is -0.469 e. The predicted octanol–water partition coefficient (Wildman–Crippen LogP) is 3.57. The topological polar surface area (TPSA) is 47.6 Å². The van der Waals surface area contributed by atoms with E-state index >= 15 is 0 Å². The standard InChI is InChI=1S/C12H13BrF3NO3/c1-7(11(18)19-2)6-17-9-4-3-8(13)5-10(9)20-12(14,15)16/h3-5,7,17H,6H2,1-2H3. The molecule has 1 atom stereocenters. The molecule has 0 radical (unpaired) electrons. The molecule has 20 heavy (non-hydrogen) atoms. The fourth-order valence-electron chi connectivity index (χ4n) is 1.40. The van der Waals surface area contributed by atoms with Gasteiger partial charge in [0.15, 0.2) is 5.75 Å². The first-order chi connectivity index (χ1) is 9.23. The van der Waals surface area contributed by atoms with Crippen molar-refractivity contribution in [3.8, 4) is 5.75 Å². The molecule has 0 amide bonds. The second-order valence-electron chi connectivity index (χ2n) is 3.99. The number of esters is 1. The van der Waals surface area contributed by atoms with Crippen molar-refractivity contribution in [1.29, 1.82) is 0 Å². The zero-order valence-electron chi connectivity index (χ0n) is 10.8. The first kappa shape index (κ1) is 16.6. The number of hydrogen-bond acceptors (Lipinski definition) is 4. The van der Waals surface area contributed by atoms with Crippen LogP contribution in [0.3, 0.4) is 0 Å². The first-order valence-corrected chi connectivity index (χ1v) is 6.39. The molecule has 0 aliphatic heterocycles. The summed E-state index contributed by atoms with van der Waals surface area (Å²) in [4.78, 5) is 11.2. The van der Waals surface area contributed by atoms with E-state index in [0.29, 0.717) is 4.47 Å². The lowest BCUT2D eigenvalue weighted by Gasteiger charge is -2.16. The molecule has 4 nitrogen and oxygen atoms in total. The van der Waals surface area contributed by atoms with Crippen LogP contribution in [0.15, 0.2) is 22.7 Å². The van der Waals surface area contributed by atoms with Crippen LogP contribution in [0.4, 0.5) is 18.9 Å². The molecule has 1 unspecified atom stereocenters. The summed E-state index contributed by atoms with van der Waals surface area (Å²) in [7, 11) is 1.25. The highest BCUT2D eigenvalue weighted by molar-refractivity contribution is 9.10. The zero-order valence-corrected chi connectivity index (χ0v) is 12.3. The highest BCUT2D eigenvalue weighted by Crippen LogP contribution is 2.33. The van der Waals surface area contributed by atoms with Crippen LogP contribution in [0.5, 0.6) is 5.75 Å². The molecule has 1 aromatic rings. The van der Waals surface area contributed by atoms with Crippen molar-refractivity contribution in [1.82, 2.24) is 0 Å². The Bertz CT molecular complexity index is 480. The van der Waals surface area contributed by atoms with E-state index in [4.69, 9.17) is 0 Å². The van der Waals surface area contributed by atoms with Gasteiger partial charge in [-0.1, -0.05) is 22.9 Å². The van der Waals surface area contributed by atoms with E-state index in [2.05, 4.69) is 30.7 Å². The van der Waals surface area contributed by atoms with Crippen LogP contribution in [0.2, 0.25) is 0 Å². The Morgan fingerprint density at radius 2 is 2.10 bits per heavy atom. The predicted molar refractivity (Wildman–Crippen MR) is 70.5 cm³/mol. The number of carbonyl (C=O) groups excluding carboxylic acids is 1. The summed E-state index contributed by atoms with van der Waals surface area (Å²) in [5.41, 5.74) is 0.140. The minimum absolute atomic E-state index is 0.128. The lowest BCUT2D eigenvalue weighted by atomic mass is 10.2. The molecule has 112 valence electrons. The number of halogens is 4. The Balaban J connectivity index is 2.81. The van der Waals surface area contributed by atoms with E-state index in [-0.39, 0.29) is 18.0 Å². The van der Waals surface area contributed by atoms with Gasteiger partial charge in [0.25, 0.3) is 0 Å². The maximum absolute atomic E-state index is 12.3. The third-order valence-electron chi connectivity index (χ3n) is 2.37. The molecule has 0 heterocycles. The van der Waals surface area contributed by atoms with E-state index in [1.807, 2.05) is 0 Å². The van der Waals surface area contributed by atoms with E-state index in [9.17, 15) is 18.0 Å². The molecule has 0 aliphatic carbocycles. The van der Waals surface area contributed by atoms with Crippen LogP contribution in [0, 0.1) is 5.92 Å².